The van der Waals surface area contributed by atoms with Gasteiger partial charge in [-0.15, -0.1) is 6.42 Å². The zero-order valence-electron chi connectivity index (χ0n) is 10.9. The fourth-order valence-corrected chi connectivity index (χ4v) is 3.10. The standard InChI is InChI=1S/C16H20/c1-7-12-8-9-13-14(10-12)16(5,6)11(2)15(13,3)4/h1,8-11H,2-6H3. The molecule has 0 N–H and O–H groups in total. The fourth-order valence-electron chi connectivity index (χ4n) is 3.10. The average Bonchev–Trinajstić information content (AvgIpc) is 2.38. The Hall–Kier alpha value is -1.22. The number of rotatable bonds is 0. The lowest BCUT2D eigenvalue weighted by Gasteiger charge is -2.32. The molecule has 0 bridgehead atoms. The summed E-state index contributed by atoms with van der Waals surface area (Å²) in [5.74, 6) is 3.36. The predicted octanol–water partition coefficient (Wildman–Crippen LogP) is 3.87. The molecule has 2 rings (SSSR count). The lowest BCUT2D eigenvalue weighted by molar-refractivity contribution is 0.264. The molecular weight excluding hydrogens is 192 g/mol. The third-order valence-electron chi connectivity index (χ3n) is 4.74. The molecule has 0 heteroatoms. The van der Waals surface area contributed by atoms with E-state index in [-0.39, 0.29) is 10.8 Å². The van der Waals surface area contributed by atoms with Crippen LogP contribution in [-0.2, 0) is 10.8 Å². The molecule has 0 heterocycles. The van der Waals surface area contributed by atoms with Crippen molar-refractivity contribution in [2.75, 3.05) is 0 Å². The highest BCUT2D eigenvalue weighted by atomic mass is 14.5. The van der Waals surface area contributed by atoms with Crippen molar-refractivity contribution >= 4 is 0 Å². The second kappa shape index (κ2) is 3.14. The molecule has 0 fully saturated rings. The first-order chi connectivity index (χ1) is 7.31. The lowest BCUT2D eigenvalue weighted by Crippen LogP contribution is -2.30. The van der Waals surface area contributed by atoms with E-state index in [4.69, 9.17) is 6.42 Å². The molecule has 0 saturated heterocycles. The zero-order valence-corrected chi connectivity index (χ0v) is 10.9. The summed E-state index contributed by atoms with van der Waals surface area (Å²) in [7, 11) is 0. The second-order valence-electron chi connectivity index (χ2n) is 6.07. The molecule has 0 nitrogen and oxygen atoms in total. The first-order valence-electron chi connectivity index (χ1n) is 5.93. The van der Waals surface area contributed by atoms with Crippen LogP contribution in [0, 0.1) is 18.3 Å². The van der Waals surface area contributed by atoms with Gasteiger partial charge in [0.1, 0.15) is 0 Å². The van der Waals surface area contributed by atoms with E-state index in [0.29, 0.717) is 5.92 Å². The van der Waals surface area contributed by atoms with E-state index in [0.717, 1.165) is 5.56 Å². The third kappa shape index (κ3) is 1.24. The van der Waals surface area contributed by atoms with E-state index in [1.807, 2.05) is 0 Å². The molecule has 1 aliphatic rings. The minimum absolute atomic E-state index is 0.214. The molecule has 16 heavy (non-hydrogen) atoms. The van der Waals surface area contributed by atoms with E-state index in [1.165, 1.54) is 11.1 Å². The summed E-state index contributed by atoms with van der Waals surface area (Å²) in [4.78, 5) is 0. The molecule has 1 aliphatic carbocycles. The van der Waals surface area contributed by atoms with Crippen LogP contribution in [0.4, 0.5) is 0 Å². The van der Waals surface area contributed by atoms with Crippen molar-refractivity contribution in [3.8, 4) is 12.3 Å². The number of fused-ring (bicyclic) bond motifs is 1. The number of hydrogen-bond donors (Lipinski definition) is 0. The summed E-state index contributed by atoms with van der Waals surface area (Å²) < 4.78 is 0. The molecule has 1 unspecified atom stereocenters. The van der Waals surface area contributed by atoms with Crippen LogP contribution in [0.3, 0.4) is 0 Å². The first-order valence-corrected chi connectivity index (χ1v) is 5.93. The summed E-state index contributed by atoms with van der Waals surface area (Å²) in [6, 6.07) is 6.48. The third-order valence-corrected chi connectivity index (χ3v) is 4.74. The maximum Gasteiger partial charge on any atom is 0.0245 e. The molecule has 0 spiro atoms. The van der Waals surface area contributed by atoms with Gasteiger partial charge in [-0.1, -0.05) is 46.6 Å². The zero-order chi connectivity index (χ0) is 12.1. The minimum atomic E-state index is 0.214. The number of terminal acetylenes is 1. The highest BCUT2D eigenvalue weighted by molar-refractivity contribution is 5.50. The van der Waals surface area contributed by atoms with Crippen molar-refractivity contribution in [3.05, 3.63) is 34.9 Å². The molecule has 1 aromatic rings. The molecule has 1 atom stereocenters. The summed E-state index contributed by atoms with van der Waals surface area (Å²) >= 11 is 0. The van der Waals surface area contributed by atoms with Gasteiger partial charge < -0.3 is 0 Å². The smallest absolute Gasteiger partial charge is 0.0245 e. The van der Waals surface area contributed by atoms with E-state index in [1.54, 1.807) is 0 Å². The monoisotopic (exact) mass is 212 g/mol. The molecule has 0 aliphatic heterocycles. The summed E-state index contributed by atoms with van der Waals surface area (Å²) in [5, 5.41) is 0. The Balaban J connectivity index is 2.71. The van der Waals surface area contributed by atoms with Crippen LogP contribution in [-0.4, -0.2) is 0 Å². The Kier molecular flexibility index (Phi) is 2.21. The number of hydrogen-bond acceptors (Lipinski definition) is 0. The van der Waals surface area contributed by atoms with Crippen LogP contribution < -0.4 is 0 Å². The van der Waals surface area contributed by atoms with Gasteiger partial charge >= 0.3 is 0 Å². The maximum absolute atomic E-state index is 5.48. The predicted molar refractivity (Wildman–Crippen MR) is 69.6 cm³/mol. The maximum atomic E-state index is 5.48. The first kappa shape index (κ1) is 11.3. The van der Waals surface area contributed by atoms with Crippen molar-refractivity contribution in [1.29, 1.82) is 0 Å². The van der Waals surface area contributed by atoms with Crippen LogP contribution in [0.15, 0.2) is 18.2 Å². The van der Waals surface area contributed by atoms with Crippen molar-refractivity contribution in [2.24, 2.45) is 5.92 Å². The van der Waals surface area contributed by atoms with Crippen LogP contribution in [0.25, 0.3) is 0 Å². The van der Waals surface area contributed by atoms with Crippen molar-refractivity contribution in [2.45, 2.75) is 45.4 Å². The Bertz CT molecular complexity index is 469. The lowest BCUT2D eigenvalue weighted by atomic mass is 9.71. The van der Waals surface area contributed by atoms with Gasteiger partial charge in [0.05, 0.1) is 0 Å². The Morgan fingerprint density at radius 2 is 1.62 bits per heavy atom. The quantitative estimate of drug-likeness (QED) is 0.573. The van der Waals surface area contributed by atoms with Crippen LogP contribution in [0.2, 0.25) is 0 Å². The summed E-state index contributed by atoms with van der Waals surface area (Å²) in [5.41, 5.74) is 4.35. The van der Waals surface area contributed by atoms with Crippen LogP contribution in [0.5, 0.6) is 0 Å². The SMILES string of the molecule is C#Cc1ccc2c(c1)C(C)(C)C(C)C2(C)C. The topological polar surface area (TPSA) is 0 Å². The van der Waals surface area contributed by atoms with E-state index in [2.05, 4.69) is 58.7 Å². The van der Waals surface area contributed by atoms with Gasteiger partial charge in [0.2, 0.25) is 0 Å². The normalized spacial score (nSPS) is 24.9. The van der Waals surface area contributed by atoms with Crippen molar-refractivity contribution in [3.63, 3.8) is 0 Å². The summed E-state index contributed by atoms with van der Waals surface area (Å²) in [6.45, 7) is 11.7. The van der Waals surface area contributed by atoms with E-state index < -0.39 is 0 Å². The van der Waals surface area contributed by atoms with Gasteiger partial charge in [-0.3, -0.25) is 0 Å². The Morgan fingerprint density at radius 1 is 1.06 bits per heavy atom. The van der Waals surface area contributed by atoms with E-state index in [9.17, 15) is 0 Å². The summed E-state index contributed by atoms with van der Waals surface area (Å²) in [6.07, 6.45) is 5.48. The fraction of sp³-hybridized carbons (Fsp3) is 0.500. The largest absolute Gasteiger partial charge is 0.115 e. The minimum Gasteiger partial charge on any atom is -0.115 e. The van der Waals surface area contributed by atoms with Gasteiger partial charge in [-0.2, -0.15) is 0 Å². The Morgan fingerprint density at radius 3 is 2.19 bits per heavy atom. The molecule has 84 valence electrons. The Labute approximate surface area is 99.1 Å². The van der Waals surface area contributed by atoms with Crippen LogP contribution >= 0.6 is 0 Å². The number of benzene rings is 1. The van der Waals surface area contributed by atoms with Gasteiger partial charge in [0, 0.05) is 5.56 Å². The van der Waals surface area contributed by atoms with Gasteiger partial charge in [-0.05, 0) is 40.0 Å². The van der Waals surface area contributed by atoms with Crippen molar-refractivity contribution < 1.29 is 0 Å². The molecule has 1 aromatic carbocycles. The van der Waals surface area contributed by atoms with E-state index >= 15 is 0 Å². The highest BCUT2D eigenvalue weighted by Crippen LogP contribution is 2.53. The molecule has 0 aromatic heterocycles. The van der Waals surface area contributed by atoms with Gasteiger partial charge in [-0.25, -0.2) is 0 Å². The van der Waals surface area contributed by atoms with Crippen molar-refractivity contribution in [1.82, 2.24) is 0 Å². The molecule has 0 saturated carbocycles. The molecule has 0 radical (unpaired) electrons. The van der Waals surface area contributed by atoms with Crippen LogP contribution in [0.1, 0.15) is 51.3 Å². The second-order valence-corrected chi connectivity index (χ2v) is 6.07. The highest BCUT2D eigenvalue weighted by Gasteiger charge is 2.48. The van der Waals surface area contributed by atoms with Gasteiger partial charge in [0.15, 0.2) is 0 Å². The molecular formula is C16H20. The van der Waals surface area contributed by atoms with Gasteiger partial charge in [0.25, 0.3) is 0 Å². The average molecular weight is 212 g/mol. The molecule has 0 amide bonds.